The molecular weight excluding hydrogens is 348 g/mol. The first-order valence-electron chi connectivity index (χ1n) is 5.31. The normalized spacial score (nSPS) is 13.6. The molecule has 2 heterocycles. The highest BCUT2D eigenvalue weighted by atomic mass is 79.9. The highest BCUT2D eigenvalue weighted by Gasteiger charge is 2.24. The Morgan fingerprint density at radius 3 is 2.84 bits per heavy atom. The van der Waals surface area contributed by atoms with E-state index in [4.69, 9.17) is 12.2 Å². The molecule has 1 aliphatic rings. The van der Waals surface area contributed by atoms with E-state index in [-0.39, 0.29) is 11.8 Å². The van der Waals surface area contributed by atoms with Gasteiger partial charge in [0.05, 0.1) is 10.9 Å². The SMILES string of the molecule is Cn1c(O)c(C2=c3cc(Br)ccc3=NC2=O)sc1=S. The zero-order valence-electron chi connectivity index (χ0n) is 9.68. The molecule has 0 saturated heterocycles. The topological polar surface area (TPSA) is 54.6 Å². The minimum Gasteiger partial charge on any atom is -0.493 e. The number of carbonyl (C=O) groups is 1. The molecule has 1 aromatic heterocycles. The average Bonchev–Trinajstić information content (AvgIpc) is 2.80. The van der Waals surface area contributed by atoms with Crippen LogP contribution in [0.2, 0.25) is 0 Å². The van der Waals surface area contributed by atoms with Crippen LogP contribution in [-0.4, -0.2) is 15.6 Å². The summed E-state index contributed by atoms with van der Waals surface area (Å²) in [5, 5.41) is 11.4. The lowest BCUT2D eigenvalue weighted by Crippen LogP contribution is -2.22. The van der Waals surface area contributed by atoms with Crippen molar-refractivity contribution in [2.75, 3.05) is 0 Å². The van der Waals surface area contributed by atoms with E-state index in [1.165, 1.54) is 15.9 Å². The molecule has 7 heteroatoms. The van der Waals surface area contributed by atoms with Crippen LogP contribution in [0.25, 0.3) is 5.57 Å². The molecule has 0 unspecified atom stereocenters. The predicted octanol–water partition coefficient (Wildman–Crippen LogP) is 1.64. The summed E-state index contributed by atoms with van der Waals surface area (Å²) in [7, 11) is 1.66. The third-order valence-electron chi connectivity index (χ3n) is 2.87. The van der Waals surface area contributed by atoms with E-state index < -0.39 is 0 Å². The van der Waals surface area contributed by atoms with Gasteiger partial charge in [-0.25, -0.2) is 4.99 Å². The summed E-state index contributed by atoms with van der Waals surface area (Å²) < 4.78 is 2.84. The zero-order valence-corrected chi connectivity index (χ0v) is 12.9. The molecule has 0 radical (unpaired) electrons. The second-order valence-corrected chi connectivity index (χ2v) is 6.59. The maximum atomic E-state index is 12.0. The van der Waals surface area contributed by atoms with Gasteiger partial charge < -0.3 is 5.11 Å². The fourth-order valence-corrected chi connectivity index (χ4v) is 3.53. The summed E-state index contributed by atoms with van der Waals surface area (Å²) in [6, 6.07) is 5.41. The Morgan fingerprint density at radius 1 is 1.47 bits per heavy atom. The van der Waals surface area contributed by atoms with Gasteiger partial charge in [-0.15, -0.1) is 11.3 Å². The van der Waals surface area contributed by atoms with Gasteiger partial charge in [0.25, 0.3) is 5.91 Å². The van der Waals surface area contributed by atoms with E-state index in [1.807, 2.05) is 12.1 Å². The molecule has 0 bridgehead atoms. The second kappa shape index (κ2) is 4.36. The molecule has 1 aliphatic heterocycles. The number of benzene rings is 1. The van der Waals surface area contributed by atoms with Crippen LogP contribution in [0, 0.1) is 3.95 Å². The van der Waals surface area contributed by atoms with E-state index in [0.717, 1.165) is 4.47 Å². The van der Waals surface area contributed by atoms with Gasteiger partial charge in [-0.2, -0.15) is 0 Å². The van der Waals surface area contributed by atoms with Crippen molar-refractivity contribution in [3.63, 3.8) is 0 Å². The predicted molar refractivity (Wildman–Crippen MR) is 78.2 cm³/mol. The Labute approximate surface area is 125 Å². The molecule has 1 amide bonds. The number of carbonyl (C=O) groups excluding carboxylic acids is 1. The standard InChI is InChI=1S/C12H7BrN2O2S2/c1-15-11(17)9(19-12(15)18)8-6-4-5(13)2-3-7(6)14-10(8)16/h2-4,17H,1H3. The van der Waals surface area contributed by atoms with Gasteiger partial charge >= 0.3 is 0 Å². The van der Waals surface area contributed by atoms with E-state index in [1.54, 1.807) is 13.1 Å². The van der Waals surface area contributed by atoms with Gasteiger partial charge in [0, 0.05) is 16.7 Å². The number of thiazole rings is 1. The molecule has 0 atom stereocenters. The number of halogens is 1. The first-order chi connectivity index (χ1) is 8.99. The third-order valence-corrected chi connectivity index (χ3v) is 4.93. The van der Waals surface area contributed by atoms with Crippen molar-refractivity contribution in [2.45, 2.75) is 0 Å². The molecule has 96 valence electrons. The van der Waals surface area contributed by atoms with Gasteiger partial charge in [-0.3, -0.25) is 9.36 Å². The average molecular weight is 355 g/mol. The molecule has 0 spiro atoms. The monoisotopic (exact) mass is 354 g/mol. The Balaban J connectivity index is 2.45. The fourth-order valence-electron chi connectivity index (χ4n) is 1.91. The quantitative estimate of drug-likeness (QED) is 0.792. The number of aromatic hydroxyl groups is 1. The largest absolute Gasteiger partial charge is 0.493 e. The number of aromatic nitrogens is 1. The van der Waals surface area contributed by atoms with Crippen LogP contribution in [0.5, 0.6) is 5.88 Å². The Kier molecular flexibility index (Phi) is 2.92. The van der Waals surface area contributed by atoms with Crippen molar-refractivity contribution in [3.05, 3.63) is 42.1 Å². The van der Waals surface area contributed by atoms with Crippen LogP contribution in [0.1, 0.15) is 4.88 Å². The first kappa shape index (κ1) is 12.7. The number of fused-ring (bicyclic) bond motifs is 1. The maximum absolute atomic E-state index is 12.0. The Morgan fingerprint density at radius 2 is 2.21 bits per heavy atom. The van der Waals surface area contributed by atoms with Gasteiger partial charge in [0.15, 0.2) is 3.95 Å². The number of hydrogen-bond acceptors (Lipinski definition) is 4. The molecule has 19 heavy (non-hydrogen) atoms. The van der Waals surface area contributed by atoms with Crippen molar-refractivity contribution in [3.8, 4) is 5.88 Å². The molecule has 0 fully saturated rings. The summed E-state index contributed by atoms with van der Waals surface area (Å²) in [5.74, 6) is -0.346. The number of rotatable bonds is 1. The molecule has 0 aliphatic carbocycles. The molecule has 1 N–H and O–H groups in total. The Bertz CT molecular complexity index is 895. The number of nitrogens with zero attached hydrogens (tertiary/aromatic N) is 2. The Hall–Kier alpha value is -1.31. The van der Waals surface area contributed by atoms with Crippen LogP contribution >= 0.6 is 39.5 Å². The van der Waals surface area contributed by atoms with Crippen molar-refractivity contribution in [1.29, 1.82) is 0 Å². The lowest BCUT2D eigenvalue weighted by atomic mass is 10.1. The van der Waals surface area contributed by atoms with E-state index >= 15 is 0 Å². The highest BCUT2D eigenvalue weighted by Crippen LogP contribution is 2.31. The molecular formula is C12H7BrN2O2S2. The molecule has 3 rings (SSSR count). The molecule has 0 saturated carbocycles. The molecule has 4 nitrogen and oxygen atoms in total. The summed E-state index contributed by atoms with van der Waals surface area (Å²) in [6.07, 6.45) is 0. The van der Waals surface area contributed by atoms with Crippen LogP contribution in [0.4, 0.5) is 0 Å². The van der Waals surface area contributed by atoms with Crippen LogP contribution in [0.3, 0.4) is 0 Å². The summed E-state index contributed by atoms with van der Waals surface area (Å²) in [6.45, 7) is 0. The van der Waals surface area contributed by atoms with Gasteiger partial charge in [-0.1, -0.05) is 15.9 Å². The van der Waals surface area contributed by atoms with Crippen molar-refractivity contribution in [1.82, 2.24) is 4.57 Å². The van der Waals surface area contributed by atoms with Crippen LogP contribution < -0.4 is 10.6 Å². The van der Waals surface area contributed by atoms with Crippen molar-refractivity contribution >= 4 is 51.0 Å². The van der Waals surface area contributed by atoms with E-state index in [2.05, 4.69) is 20.9 Å². The minimum absolute atomic E-state index is 0.00127. The lowest BCUT2D eigenvalue weighted by Gasteiger charge is -1.98. The summed E-state index contributed by atoms with van der Waals surface area (Å²) in [5.41, 5.74) is 0.408. The summed E-state index contributed by atoms with van der Waals surface area (Å²) >= 11 is 9.70. The smallest absolute Gasteiger partial charge is 0.279 e. The number of hydrogen-bond donors (Lipinski definition) is 1. The summed E-state index contributed by atoms with van der Waals surface area (Å²) in [4.78, 5) is 16.5. The first-order valence-corrected chi connectivity index (χ1v) is 7.33. The van der Waals surface area contributed by atoms with E-state index in [0.29, 0.717) is 25.0 Å². The second-order valence-electron chi connectivity index (χ2n) is 4.03. The molecule has 1 aromatic carbocycles. The van der Waals surface area contributed by atoms with Gasteiger partial charge in [0.2, 0.25) is 5.88 Å². The van der Waals surface area contributed by atoms with Crippen LogP contribution in [0.15, 0.2) is 27.7 Å². The molecule has 2 aromatic rings. The van der Waals surface area contributed by atoms with Crippen LogP contribution in [-0.2, 0) is 11.8 Å². The number of amides is 1. The third kappa shape index (κ3) is 1.89. The van der Waals surface area contributed by atoms with Crippen molar-refractivity contribution < 1.29 is 9.90 Å². The highest BCUT2D eigenvalue weighted by molar-refractivity contribution is 9.10. The fraction of sp³-hybridized carbons (Fsp3) is 0.0833. The minimum atomic E-state index is -0.347. The lowest BCUT2D eigenvalue weighted by molar-refractivity contribution is -0.112. The van der Waals surface area contributed by atoms with E-state index in [9.17, 15) is 9.90 Å². The zero-order chi connectivity index (χ0) is 13.7. The van der Waals surface area contributed by atoms with Crippen molar-refractivity contribution in [2.24, 2.45) is 12.0 Å². The van der Waals surface area contributed by atoms with Gasteiger partial charge in [0.1, 0.15) is 4.88 Å². The maximum Gasteiger partial charge on any atom is 0.279 e. The van der Waals surface area contributed by atoms with Gasteiger partial charge in [-0.05, 0) is 30.4 Å².